The molecule has 0 unspecified atom stereocenters. The van der Waals surface area contributed by atoms with Gasteiger partial charge in [-0.3, -0.25) is 13.9 Å². The number of ether oxygens (including phenoxy) is 1. The number of nitrogens with zero attached hydrogens (tertiary/aromatic N) is 2. The van der Waals surface area contributed by atoms with Gasteiger partial charge in [-0.05, 0) is 69.2 Å². The molecule has 0 heterocycles. The lowest BCUT2D eigenvalue weighted by Crippen LogP contribution is -2.52. The van der Waals surface area contributed by atoms with E-state index in [2.05, 4.69) is 5.32 Å². The Balaban J connectivity index is 2.35. The second-order valence-corrected chi connectivity index (χ2v) is 10.7. The van der Waals surface area contributed by atoms with Crippen LogP contribution >= 0.6 is 11.6 Å². The van der Waals surface area contributed by atoms with Gasteiger partial charge >= 0.3 is 0 Å². The zero-order chi connectivity index (χ0) is 26.2. The summed E-state index contributed by atoms with van der Waals surface area (Å²) in [6.07, 6.45) is 1.78. The van der Waals surface area contributed by atoms with E-state index in [-0.39, 0.29) is 18.5 Å². The van der Waals surface area contributed by atoms with Crippen LogP contribution in [0.3, 0.4) is 0 Å². The summed E-state index contributed by atoms with van der Waals surface area (Å²) in [6, 6.07) is 12.5. The molecule has 0 spiro atoms. The molecule has 2 aromatic rings. The molecular weight excluding hydrogens is 490 g/mol. The van der Waals surface area contributed by atoms with Crippen molar-refractivity contribution in [3.05, 3.63) is 59.1 Å². The number of amides is 2. The molecule has 0 radical (unpaired) electrons. The van der Waals surface area contributed by atoms with Crippen LogP contribution in [0.2, 0.25) is 5.02 Å². The van der Waals surface area contributed by atoms with Gasteiger partial charge in [0.2, 0.25) is 21.8 Å². The van der Waals surface area contributed by atoms with Gasteiger partial charge < -0.3 is 15.0 Å². The Morgan fingerprint density at radius 2 is 1.63 bits per heavy atom. The Morgan fingerprint density at radius 1 is 1.03 bits per heavy atom. The molecule has 1 N–H and O–H groups in total. The minimum atomic E-state index is -3.79. The van der Waals surface area contributed by atoms with Gasteiger partial charge in [0, 0.05) is 17.6 Å². The van der Waals surface area contributed by atoms with Gasteiger partial charge in [-0.1, -0.05) is 30.7 Å². The summed E-state index contributed by atoms with van der Waals surface area (Å²) in [4.78, 5) is 27.8. The zero-order valence-electron chi connectivity index (χ0n) is 20.8. The van der Waals surface area contributed by atoms with Crippen molar-refractivity contribution in [1.29, 1.82) is 0 Å². The van der Waals surface area contributed by atoms with Gasteiger partial charge in [0.05, 0.1) is 18.6 Å². The van der Waals surface area contributed by atoms with Gasteiger partial charge in [0.25, 0.3) is 0 Å². The average molecular weight is 524 g/mol. The van der Waals surface area contributed by atoms with Crippen molar-refractivity contribution in [2.24, 2.45) is 0 Å². The fourth-order valence-corrected chi connectivity index (χ4v) is 4.30. The summed E-state index contributed by atoms with van der Waals surface area (Å²) in [7, 11) is -3.79. The van der Waals surface area contributed by atoms with Crippen LogP contribution < -0.4 is 14.4 Å². The normalized spacial score (nSPS) is 13.0. The lowest BCUT2D eigenvalue weighted by atomic mass is 10.1. The standard InChI is InChI=1S/C25H34ClN3O5S/c1-6-18(3)27-25(31)19(4)28(16-20-8-10-21(26)11-9-20)24(30)17-29(35(5,32)33)22-12-14-23(15-13-22)34-7-2/h8-15,18-19H,6-7,16-17H2,1-5H3,(H,27,31)/t18-,19+/m1/s1. The number of benzene rings is 2. The van der Waals surface area contributed by atoms with E-state index >= 15 is 0 Å². The van der Waals surface area contributed by atoms with Crippen LogP contribution in [0.15, 0.2) is 48.5 Å². The largest absolute Gasteiger partial charge is 0.494 e. The maximum absolute atomic E-state index is 13.5. The number of hydrogen-bond donors (Lipinski definition) is 1. The van der Waals surface area contributed by atoms with E-state index in [0.717, 1.165) is 22.5 Å². The Morgan fingerprint density at radius 3 is 2.14 bits per heavy atom. The molecule has 0 saturated carbocycles. The number of sulfonamides is 1. The number of carbonyl (C=O) groups is 2. The Bertz CT molecular complexity index is 1090. The SMILES string of the molecule is CCOc1ccc(N(CC(=O)N(Cc2ccc(Cl)cc2)[C@@H](C)C(=O)N[C@H](C)CC)S(C)(=O)=O)cc1. The van der Waals surface area contributed by atoms with Crippen LogP contribution in [-0.4, -0.2) is 56.6 Å². The van der Waals surface area contributed by atoms with Crippen LogP contribution in [0, 0.1) is 0 Å². The lowest BCUT2D eigenvalue weighted by Gasteiger charge is -2.32. The Kier molecular flexibility index (Phi) is 10.4. The van der Waals surface area contributed by atoms with Crippen LogP contribution in [0.1, 0.15) is 39.7 Å². The summed E-state index contributed by atoms with van der Waals surface area (Å²) in [6.45, 7) is 7.45. The lowest BCUT2D eigenvalue weighted by molar-refractivity contribution is -0.139. The monoisotopic (exact) mass is 523 g/mol. The van der Waals surface area contributed by atoms with Crippen molar-refractivity contribution in [3.63, 3.8) is 0 Å². The summed E-state index contributed by atoms with van der Waals surface area (Å²) in [5.74, 6) is -0.226. The molecule has 0 aromatic heterocycles. The van der Waals surface area contributed by atoms with E-state index in [4.69, 9.17) is 16.3 Å². The molecule has 0 saturated heterocycles. The highest BCUT2D eigenvalue weighted by Crippen LogP contribution is 2.23. The predicted molar refractivity (Wildman–Crippen MR) is 139 cm³/mol. The third-order valence-corrected chi connectivity index (χ3v) is 6.94. The highest BCUT2D eigenvalue weighted by molar-refractivity contribution is 7.92. The highest BCUT2D eigenvalue weighted by Gasteiger charge is 2.30. The van der Waals surface area contributed by atoms with Gasteiger partial charge in [0.15, 0.2) is 0 Å². The van der Waals surface area contributed by atoms with Gasteiger partial charge in [-0.15, -0.1) is 0 Å². The molecule has 0 aliphatic heterocycles. The molecule has 35 heavy (non-hydrogen) atoms. The van der Waals surface area contributed by atoms with E-state index in [1.165, 1.54) is 4.90 Å². The first-order valence-electron chi connectivity index (χ1n) is 11.5. The minimum Gasteiger partial charge on any atom is -0.494 e. The molecule has 2 rings (SSSR count). The summed E-state index contributed by atoms with van der Waals surface area (Å²) in [5.41, 5.74) is 1.09. The van der Waals surface area contributed by atoms with Gasteiger partial charge in [0.1, 0.15) is 18.3 Å². The Labute approximate surface area is 213 Å². The summed E-state index contributed by atoms with van der Waals surface area (Å²) < 4.78 is 31.7. The first kappa shape index (κ1) is 28.5. The molecule has 0 fully saturated rings. The molecular formula is C25H34ClN3O5S. The molecule has 192 valence electrons. The predicted octanol–water partition coefficient (Wildman–Crippen LogP) is 3.84. The fourth-order valence-electron chi connectivity index (χ4n) is 3.32. The number of halogens is 1. The van der Waals surface area contributed by atoms with E-state index in [0.29, 0.717) is 23.1 Å². The molecule has 0 aliphatic carbocycles. The molecule has 2 aromatic carbocycles. The van der Waals surface area contributed by atoms with Crippen molar-refractivity contribution in [2.75, 3.05) is 23.7 Å². The van der Waals surface area contributed by atoms with Crippen LogP contribution in [-0.2, 0) is 26.2 Å². The summed E-state index contributed by atoms with van der Waals surface area (Å²) >= 11 is 5.99. The van der Waals surface area contributed by atoms with E-state index in [1.807, 2.05) is 20.8 Å². The fraction of sp³-hybridized carbons (Fsp3) is 0.440. The van der Waals surface area contributed by atoms with Crippen molar-refractivity contribution >= 4 is 39.1 Å². The number of rotatable bonds is 12. The second-order valence-electron chi connectivity index (χ2n) is 8.34. The summed E-state index contributed by atoms with van der Waals surface area (Å²) in [5, 5.41) is 3.44. The first-order valence-corrected chi connectivity index (χ1v) is 13.7. The number of carbonyl (C=O) groups excluding carboxylic acids is 2. The van der Waals surface area contributed by atoms with Crippen LogP contribution in [0.4, 0.5) is 5.69 Å². The second kappa shape index (κ2) is 12.8. The third-order valence-electron chi connectivity index (χ3n) is 5.55. The van der Waals surface area contributed by atoms with Crippen molar-refractivity contribution in [3.8, 4) is 5.75 Å². The van der Waals surface area contributed by atoms with Gasteiger partial charge in [-0.25, -0.2) is 8.42 Å². The van der Waals surface area contributed by atoms with Crippen LogP contribution in [0.5, 0.6) is 5.75 Å². The first-order chi connectivity index (χ1) is 16.5. The maximum Gasteiger partial charge on any atom is 0.244 e. The Hall–Kier alpha value is -2.78. The smallest absolute Gasteiger partial charge is 0.244 e. The maximum atomic E-state index is 13.5. The van der Waals surface area contributed by atoms with E-state index in [1.54, 1.807) is 55.5 Å². The topological polar surface area (TPSA) is 96.0 Å². The zero-order valence-corrected chi connectivity index (χ0v) is 22.4. The highest BCUT2D eigenvalue weighted by atomic mass is 35.5. The number of nitrogens with one attached hydrogen (secondary N) is 1. The van der Waals surface area contributed by atoms with E-state index in [9.17, 15) is 18.0 Å². The average Bonchev–Trinajstić information content (AvgIpc) is 2.81. The van der Waals surface area contributed by atoms with E-state index < -0.39 is 28.5 Å². The molecule has 2 amide bonds. The number of anilines is 1. The van der Waals surface area contributed by atoms with Crippen molar-refractivity contribution < 1.29 is 22.7 Å². The minimum absolute atomic E-state index is 0.0613. The van der Waals surface area contributed by atoms with Crippen molar-refractivity contribution in [2.45, 2.75) is 52.7 Å². The molecule has 8 nitrogen and oxygen atoms in total. The molecule has 2 atom stereocenters. The molecule has 0 aliphatic rings. The van der Waals surface area contributed by atoms with Gasteiger partial charge in [-0.2, -0.15) is 0 Å². The molecule has 10 heteroatoms. The van der Waals surface area contributed by atoms with Crippen LogP contribution in [0.25, 0.3) is 0 Å². The van der Waals surface area contributed by atoms with Crippen molar-refractivity contribution in [1.82, 2.24) is 10.2 Å². The quantitative estimate of drug-likeness (QED) is 0.456. The third kappa shape index (κ3) is 8.43. The number of hydrogen-bond acceptors (Lipinski definition) is 5. The molecule has 0 bridgehead atoms.